The summed E-state index contributed by atoms with van der Waals surface area (Å²) < 4.78 is 4.67. The van der Waals surface area contributed by atoms with Gasteiger partial charge in [0.1, 0.15) is 17.0 Å². The van der Waals surface area contributed by atoms with Gasteiger partial charge < -0.3 is 15.2 Å². The standard InChI is InChI=1S/C18H13Cl3N2O3/c1-26-17(25)14-5-3-11(8-22-14)18(16(21)7-12(19)9-23-18)10-2-4-13(20)15(24)6-10/h2-9,23-24H,1H3. The summed E-state index contributed by atoms with van der Waals surface area (Å²) in [5, 5.41) is 14.2. The monoisotopic (exact) mass is 410 g/mol. The molecule has 0 bridgehead atoms. The third-order valence-electron chi connectivity index (χ3n) is 4.02. The molecule has 1 atom stereocenters. The Labute approximate surface area is 164 Å². The molecule has 1 aliphatic heterocycles. The van der Waals surface area contributed by atoms with Crippen LogP contribution in [-0.4, -0.2) is 23.2 Å². The first-order valence-electron chi connectivity index (χ1n) is 7.43. The van der Waals surface area contributed by atoms with Crippen molar-refractivity contribution in [1.82, 2.24) is 10.3 Å². The number of dihydropyridines is 1. The number of aromatic nitrogens is 1. The summed E-state index contributed by atoms with van der Waals surface area (Å²) in [5.41, 5.74) is 0.362. The number of halogens is 3. The number of benzene rings is 1. The van der Waals surface area contributed by atoms with Crippen molar-refractivity contribution in [2.75, 3.05) is 7.11 Å². The molecular formula is C18H13Cl3N2O3. The van der Waals surface area contributed by atoms with Crippen molar-refractivity contribution < 1.29 is 14.6 Å². The SMILES string of the molecule is COC(=O)c1ccc(C2(c3ccc(Cl)c(O)c3)NC=C(Cl)C=C2Cl)cn1. The van der Waals surface area contributed by atoms with Crippen LogP contribution < -0.4 is 5.32 Å². The van der Waals surface area contributed by atoms with Crippen molar-refractivity contribution in [3.63, 3.8) is 0 Å². The van der Waals surface area contributed by atoms with E-state index in [1.807, 2.05) is 0 Å². The number of aromatic hydroxyl groups is 1. The van der Waals surface area contributed by atoms with Crippen LogP contribution in [0.1, 0.15) is 21.6 Å². The van der Waals surface area contributed by atoms with Crippen LogP contribution in [0.4, 0.5) is 0 Å². The topological polar surface area (TPSA) is 71.5 Å². The van der Waals surface area contributed by atoms with Gasteiger partial charge in [-0.15, -0.1) is 0 Å². The van der Waals surface area contributed by atoms with Crippen molar-refractivity contribution in [2.24, 2.45) is 0 Å². The zero-order valence-corrected chi connectivity index (χ0v) is 15.7. The van der Waals surface area contributed by atoms with E-state index in [1.165, 1.54) is 25.4 Å². The molecule has 1 aliphatic rings. The highest BCUT2D eigenvalue weighted by Crippen LogP contribution is 2.43. The molecule has 3 rings (SSSR count). The second-order valence-electron chi connectivity index (χ2n) is 5.51. The van der Waals surface area contributed by atoms with Gasteiger partial charge in [-0.25, -0.2) is 9.78 Å². The number of hydrogen-bond donors (Lipinski definition) is 2. The second kappa shape index (κ2) is 7.19. The number of esters is 1. The molecule has 0 aliphatic carbocycles. The molecule has 5 nitrogen and oxygen atoms in total. The van der Waals surface area contributed by atoms with Gasteiger partial charge in [-0.1, -0.05) is 46.9 Å². The molecule has 1 aromatic carbocycles. The van der Waals surface area contributed by atoms with Crippen molar-refractivity contribution in [3.05, 3.63) is 80.7 Å². The number of carbonyl (C=O) groups is 1. The molecule has 1 aromatic heterocycles. The van der Waals surface area contributed by atoms with Crippen molar-refractivity contribution in [1.29, 1.82) is 0 Å². The summed E-state index contributed by atoms with van der Waals surface area (Å²) >= 11 is 18.5. The van der Waals surface area contributed by atoms with Gasteiger partial charge in [0.2, 0.25) is 0 Å². The molecular weight excluding hydrogens is 399 g/mol. The number of nitrogens with zero attached hydrogens (tertiary/aromatic N) is 1. The van der Waals surface area contributed by atoms with E-state index >= 15 is 0 Å². The van der Waals surface area contributed by atoms with Crippen molar-refractivity contribution in [3.8, 4) is 5.75 Å². The molecule has 2 N–H and O–H groups in total. The maximum Gasteiger partial charge on any atom is 0.356 e. The van der Waals surface area contributed by atoms with E-state index < -0.39 is 11.5 Å². The van der Waals surface area contributed by atoms with Gasteiger partial charge in [0, 0.05) is 18.0 Å². The van der Waals surface area contributed by atoms with Gasteiger partial charge in [0.05, 0.1) is 22.2 Å². The number of methoxy groups -OCH3 is 1. The van der Waals surface area contributed by atoms with Gasteiger partial charge in [-0.05, 0) is 29.8 Å². The zero-order valence-electron chi connectivity index (χ0n) is 13.5. The van der Waals surface area contributed by atoms with Crippen LogP contribution in [0.2, 0.25) is 5.02 Å². The Morgan fingerprint density at radius 3 is 2.50 bits per heavy atom. The van der Waals surface area contributed by atoms with E-state index in [1.54, 1.807) is 30.5 Å². The molecule has 0 fully saturated rings. The van der Waals surface area contributed by atoms with E-state index in [0.29, 0.717) is 21.2 Å². The van der Waals surface area contributed by atoms with E-state index in [2.05, 4.69) is 15.0 Å². The highest BCUT2D eigenvalue weighted by atomic mass is 35.5. The number of phenolic OH excluding ortho intramolecular Hbond substituents is 1. The van der Waals surface area contributed by atoms with Crippen molar-refractivity contribution in [2.45, 2.75) is 5.54 Å². The minimum atomic E-state index is -1.05. The Morgan fingerprint density at radius 1 is 1.19 bits per heavy atom. The normalized spacial score (nSPS) is 19.2. The quantitative estimate of drug-likeness (QED) is 0.738. The Hall–Kier alpha value is -2.21. The molecule has 0 spiro atoms. The van der Waals surface area contributed by atoms with Gasteiger partial charge in [0.25, 0.3) is 0 Å². The first kappa shape index (κ1) is 18.6. The lowest BCUT2D eigenvalue weighted by Crippen LogP contribution is -2.42. The predicted octanol–water partition coefficient (Wildman–Crippen LogP) is 4.28. The molecule has 2 aromatic rings. The number of nitrogens with one attached hydrogen (secondary N) is 1. The van der Waals surface area contributed by atoms with Gasteiger partial charge in [-0.2, -0.15) is 0 Å². The smallest absolute Gasteiger partial charge is 0.356 e. The minimum Gasteiger partial charge on any atom is -0.506 e. The summed E-state index contributed by atoms with van der Waals surface area (Å²) in [6.45, 7) is 0. The zero-order chi connectivity index (χ0) is 18.9. The Balaban J connectivity index is 2.18. The van der Waals surface area contributed by atoms with Gasteiger partial charge in [0.15, 0.2) is 0 Å². The Morgan fingerprint density at radius 2 is 1.92 bits per heavy atom. The molecule has 2 heterocycles. The summed E-state index contributed by atoms with van der Waals surface area (Å²) in [7, 11) is 1.28. The van der Waals surface area contributed by atoms with Crippen molar-refractivity contribution >= 4 is 40.8 Å². The Kier molecular flexibility index (Phi) is 5.14. The van der Waals surface area contributed by atoms with Gasteiger partial charge in [-0.3, -0.25) is 0 Å². The lowest BCUT2D eigenvalue weighted by Gasteiger charge is -2.37. The maximum absolute atomic E-state index is 11.6. The highest BCUT2D eigenvalue weighted by Gasteiger charge is 2.39. The molecule has 0 amide bonds. The summed E-state index contributed by atoms with van der Waals surface area (Å²) in [6, 6.07) is 8.03. The molecule has 0 saturated heterocycles. The second-order valence-corrected chi connectivity index (χ2v) is 6.76. The van der Waals surface area contributed by atoms with Crippen LogP contribution in [-0.2, 0) is 10.3 Å². The van der Waals surface area contributed by atoms with Crippen LogP contribution in [0.15, 0.2) is 58.9 Å². The lowest BCUT2D eigenvalue weighted by atomic mass is 9.81. The fourth-order valence-electron chi connectivity index (χ4n) is 2.71. The van der Waals surface area contributed by atoms with E-state index in [-0.39, 0.29) is 16.5 Å². The average molecular weight is 412 g/mol. The maximum atomic E-state index is 11.6. The van der Waals surface area contributed by atoms with Gasteiger partial charge >= 0.3 is 5.97 Å². The number of rotatable bonds is 3. The first-order chi connectivity index (χ1) is 12.4. The predicted molar refractivity (Wildman–Crippen MR) is 100 cm³/mol. The van der Waals surface area contributed by atoms with Crippen LogP contribution >= 0.6 is 34.8 Å². The summed E-state index contributed by atoms with van der Waals surface area (Å²) in [5.74, 6) is -0.634. The number of hydrogen-bond acceptors (Lipinski definition) is 5. The summed E-state index contributed by atoms with van der Waals surface area (Å²) in [6.07, 6.45) is 4.70. The molecule has 0 radical (unpaired) electrons. The molecule has 26 heavy (non-hydrogen) atoms. The number of phenols is 1. The fraction of sp³-hybridized carbons (Fsp3) is 0.111. The largest absolute Gasteiger partial charge is 0.506 e. The molecule has 0 saturated carbocycles. The van der Waals surface area contributed by atoms with E-state index in [9.17, 15) is 9.90 Å². The third-order valence-corrected chi connectivity index (χ3v) is 4.95. The highest BCUT2D eigenvalue weighted by molar-refractivity contribution is 6.36. The number of pyridine rings is 1. The van der Waals surface area contributed by atoms with E-state index in [0.717, 1.165) is 0 Å². The third kappa shape index (κ3) is 3.14. The summed E-state index contributed by atoms with van der Waals surface area (Å²) in [4.78, 5) is 15.8. The minimum absolute atomic E-state index is 0.0883. The molecule has 1 unspecified atom stereocenters. The van der Waals surface area contributed by atoms with Crippen LogP contribution in [0.25, 0.3) is 0 Å². The van der Waals surface area contributed by atoms with Crippen LogP contribution in [0.3, 0.4) is 0 Å². The Bertz CT molecular complexity index is 926. The number of ether oxygens (including phenoxy) is 1. The van der Waals surface area contributed by atoms with E-state index in [4.69, 9.17) is 34.8 Å². The molecule has 134 valence electrons. The number of carbonyl (C=O) groups excluding carboxylic acids is 1. The number of allylic oxidation sites excluding steroid dienone is 2. The fourth-order valence-corrected chi connectivity index (χ4v) is 3.44. The molecule has 8 heteroatoms. The van der Waals surface area contributed by atoms with Crippen LogP contribution in [0, 0.1) is 0 Å². The average Bonchev–Trinajstić information content (AvgIpc) is 2.64. The van der Waals surface area contributed by atoms with Crippen LogP contribution in [0.5, 0.6) is 5.75 Å². The first-order valence-corrected chi connectivity index (χ1v) is 8.56. The lowest BCUT2D eigenvalue weighted by molar-refractivity contribution is 0.0594.